The summed E-state index contributed by atoms with van der Waals surface area (Å²) in [5, 5.41) is 7.25. The van der Waals surface area contributed by atoms with E-state index in [4.69, 9.17) is 11.6 Å². The minimum atomic E-state index is 0.0950. The highest BCUT2D eigenvalue weighted by atomic mass is 35.5. The minimum absolute atomic E-state index is 0.0950. The molecule has 5 heteroatoms. The van der Waals surface area contributed by atoms with E-state index in [1.807, 2.05) is 18.2 Å². The summed E-state index contributed by atoms with van der Waals surface area (Å²) in [7, 11) is 0. The Kier molecular flexibility index (Phi) is 3.49. The second kappa shape index (κ2) is 5.29. The van der Waals surface area contributed by atoms with Gasteiger partial charge < -0.3 is 0 Å². The van der Waals surface area contributed by atoms with Crippen LogP contribution in [-0.2, 0) is 4.79 Å². The van der Waals surface area contributed by atoms with Gasteiger partial charge in [0.05, 0.1) is 5.69 Å². The van der Waals surface area contributed by atoms with Crippen molar-refractivity contribution in [1.82, 2.24) is 10.2 Å². The molecule has 0 radical (unpaired) electrons. The maximum Gasteiger partial charge on any atom is 0.228 e. The third-order valence-corrected chi connectivity index (χ3v) is 4.06. The van der Waals surface area contributed by atoms with Gasteiger partial charge >= 0.3 is 0 Å². The van der Waals surface area contributed by atoms with Crippen molar-refractivity contribution in [3.8, 4) is 11.3 Å². The molecule has 0 bridgehead atoms. The molecule has 1 aromatic heterocycles. The molecule has 1 unspecified atom stereocenters. The van der Waals surface area contributed by atoms with Crippen molar-refractivity contribution in [3.63, 3.8) is 0 Å². The van der Waals surface area contributed by atoms with Crippen LogP contribution in [0.2, 0.25) is 0 Å². The number of rotatable bonds is 3. The fourth-order valence-electron chi connectivity index (χ4n) is 2.44. The Morgan fingerprint density at radius 1 is 1.40 bits per heavy atom. The zero-order valence-corrected chi connectivity index (χ0v) is 12.0. The number of nitrogens with one attached hydrogen (secondary N) is 1. The Labute approximate surface area is 122 Å². The monoisotopic (exact) mass is 289 g/mol. The fraction of sp³-hybridized carbons (Fsp3) is 0.333. The molecule has 0 spiro atoms. The molecule has 0 saturated carbocycles. The van der Waals surface area contributed by atoms with Gasteiger partial charge in [-0.3, -0.25) is 14.8 Å². The standard InChI is InChI=1S/C15H16ClN3O/c1-10-2-4-12(5-3-10)13-7-14(18-17-13)19-9-11(8-16)6-15(19)20/h2-5,7,11H,6,8-9H2,1H3,(H,17,18). The van der Waals surface area contributed by atoms with Gasteiger partial charge in [-0.1, -0.05) is 29.8 Å². The van der Waals surface area contributed by atoms with Crippen molar-refractivity contribution < 1.29 is 4.79 Å². The molecule has 0 aliphatic carbocycles. The molecule has 1 saturated heterocycles. The van der Waals surface area contributed by atoms with Gasteiger partial charge in [0.1, 0.15) is 0 Å². The Morgan fingerprint density at radius 2 is 2.15 bits per heavy atom. The molecule has 1 amide bonds. The molecule has 104 valence electrons. The highest BCUT2D eigenvalue weighted by Gasteiger charge is 2.31. The maximum atomic E-state index is 11.9. The van der Waals surface area contributed by atoms with Crippen LogP contribution in [0.3, 0.4) is 0 Å². The molecular weight excluding hydrogens is 274 g/mol. The van der Waals surface area contributed by atoms with Crippen LogP contribution in [0.4, 0.5) is 5.82 Å². The summed E-state index contributed by atoms with van der Waals surface area (Å²) in [6.45, 7) is 2.71. The Hall–Kier alpha value is -1.81. The topological polar surface area (TPSA) is 49.0 Å². The predicted molar refractivity (Wildman–Crippen MR) is 79.9 cm³/mol. The van der Waals surface area contributed by atoms with E-state index in [0.717, 1.165) is 11.3 Å². The van der Waals surface area contributed by atoms with Crippen LogP contribution in [-0.4, -0.2) is 28.5 Å². The molecule has 1 aromatic carbocycles. The van der Waals surface area contributed by atoms with E-state index in [1.165, 1.54) is 5.56 Å². The van der Waals surface area contributed by atoms with Gasteiger partial charge in [0, 0.05) is 24.9 Å². The number of hydrogen-bond acceptors (Lipinski definition) is 2. The lowest BCUT2D eigenvalue weighted by Crippen LogP contribution is -2.24. The van der Waals surface area contributed by atoms with Crippen LogP contribution in [0.15, 0.2) is 30.3 Å². The number of nitrogens with zero attached hydrogens (tertiary/aromatic N) is 2. The van der Waals surface area contributed by atoms with E-state index in [-0.39, 0.29) is 11.8 Å². The summed E-state index contributed by atoms with van der Waals surface area (Å²) >= 11 is 5.83. The highest BCUT2D eigenvalue weighted by molar-refractivity contribution is 6.18. The number of alkyl halides is 1. The van der Waals surface area contributed by atoms with Crippen LogP contribution in [0.25, 0.3) is 11.3 Å². The van der Waals surface area contributed by atoms with E-state index in [1.54, 1.807) is 4.90 Å². The van der Waals surface area contributed by atoms with Gasteiger partial charge in [-0.25, -0.2) is 0 Å². The van der Waals surface area contributed by atoms with Crippen LogP contribution >= 0.6 is 11.6 Å². The molecular formula is C15H16ClN3O. The number of aryl methyl sites for hydroxylation is 1. The minimum Gasteiger partial charge on any atom is -0.295 e. The van der Waals surface area contributed by atoms with Crippen LogP contribution in [0.5, 0.6) is 0 Å². The average molecular weight is 290 g/mol. The number of anilines is 1. The zero-order valence-electron chi connectivity index (χ0n) is 11.3. The first-order valence-corrected chi connectivity index (χ1v) is 7.19. The van der Waals surface area contributed by atoms with Gasteiger partial charge in [-0.2, -0.15) is 5.10 Å². The molecule has 4 nitrogen and oxygen atoms in total. The van der Waals surface area contributed by atoms with E-state index < -0.39 is 0 Å². The van der Waals surface area contributed by atoms with Crippen molar-refractivity contribution in [2.24, 2.45) is 5.92 Å². The summed E-state index contributed by atoms with van der Waals surface area (Å²) < 4.78 is 0. The second-order valence-electron chi connectivity index (χ2n) is 5.23. The lowest BCUT2D eigenvalue weighted by molar-refractivity contribution is -0.117. The largest absolute Gasteiger partial charge is 0.295 e. The quantitative estimate of drug-likeness (QED) is 0.883. The SMILES string of the molecule is Cc1ccc(-c2cc(N3CC(CCl)CC3=O)n[nH]2)cc1. The van der Waals surface area contributed by atoms with Crippen molar-refractivity contribution in [1.29, 1.82) is 0 Å². The third-order valence-electron chi connectivity index (χ3n) is 3.63. The molecule has 1 atom stereocenters. The van der Waals surface area contributed by atoms with Crippen LogP contribution in [0, 0.1) is 12.8 Å². The first-order chi connectivity index (χ1) is 9.67. The first-order valence-electron chi connectivity index (χ1n) is 6.66. The molecule has 2 aromatic rings. The van der Waals surface area contributed by atoms with Gasteiger partial charge in [-0.05, 0) is 18.4 Å². The summed E-state index contributed by atoms with van der Waals surface area (Å²) in [5.41, 5.74) is 3.20. The Balaban J connectivity index is 1.83. The van der Waals surface area contributed by atoms with Gasteiger partial charge in [0.15, 0.2) is 5.82 Å². The van der Waals surface area contributed by atoms with E-state index >= 15 is 0 Å². The summed E-state index contributed by atoms with van der Waals surface area (Å²) in [6, 6.07) is 10.1. The predicted octanol–water partition coefficient (Wildman–Crippen LogP) is 2.98. The first kappa shape index (κ1) is 13.2. The molecule has 2 heterocycles. The number of aromatic nitrogens is 2. The third kappa shape index (κ3) is 2.43. The number of H-pyrrole nitrogens is 1. The second-order valence-corrected chi connectivity index (χ2v) is 5.54. The highest BCUT2D eigenvalue weighted by Crippen LogP contribution is 2.27. The molecule has 1 aliphatic rings. The van der Waals surface area contributed by atoms with Crippen LogP contribution < -0.4 is 4.90 Å². The van der Waals surface area contributed by atoms with E-state index in [0.29, 0.717) is 24.7 Å². The van der Waals surface area contributed by atoms with E-state index in [2.05, 4.69) is 29.3 Å². The van der Waals surface area contributed by atoms with Crippen molar-refractivity contribution in [3.05, 3.63) is 35.9 Å². The lowest BCUT2D eigenvalue weighted by Gasteiger charge is -2.11. The normalized spacial score (nSPS) is 18.8. The van der Waals surface area contributed by atoms with Crippen molar-refractivity contribution >= 4 is 23.3 Å². The zero-order chi connectivity index (χ0) is 14.1. The molecule has 3 rings (SSSR count). The average Bonchev–Trinajstić information content (AvgIpc) is 3.06. The smallest absolute Gasteiger partial charge is 0.228 e. The Morgan fingerprint density at radius 3 is 2.80 bits per heavy atom. The molecule has 1 N–H and O–H groups in total. The number of carbonyl (C=O) groups excluding carboxylic acids is 1. The number of carbonyl (C=O) groups is 1. The number of hydrogen-bond donors (Lipinski definition) is 1. The fourth-order valence-corrected chi connectivity index (χ4v) is 2.64. The summed E-state index contributed by atoms with van der Waals surface area (Å²) in [5.74, 6) is 1.51. The van der Waals surface area contributed by atoms with Gasteiger partial charge in [-0.15, -0.1) is 11.6 Å². The van der Waals surface area contributed by atoms with Gasteiger partial charge in [0.25, 0.3) is 0 Å². The number of benzene rings is 1. The molecule has 1 fully saturated rings. The Bertz CT molecular complexity index is 620. The molecule has 20 heavy (non-hydrogen) atoms. The summed E-state index contributed by atoms with van der Waals surface area (Å²) in [4.78, 5) is 13.7. The van der Waals surface area contributed by atoms with Crippen molar-refractivity contribution in [2.75, 3.05) is 17.3 Å². The van der Waals surface area contributed by atoms with Crippen molar-refractivity contribution in [2.45, 2.75) is 13.3 Å². The lowest BCUT2D eigenvalue weighted by atomic mass is 10.1. The number of amides is 1. The number of halogens is 1. The molecule has 1 aliphatic heterocycles. The number of aromatic amines is 1. The van der Waals surface area contributed by atoms with Crippen LogP contribution in [0.1, 0.15) is 12.0 Å². The summed E-state index contributed by atoms with van der Waals surface area (Å²) in [6.07, 6.45) is 0.510. The van der Waals surface area contributed by atoms with E-state index in [9.17, 15) is 4.79 Å². The van der Waals surface area contributed by atoms with Gasteiger partial charge in [0.2, 0.25) is 5.91 Å². The maximum absolute atomic E-state index is 11.9.